The largest absolute Gasteiger partial charge is 0.487 e. The topological polar surface area (TPSA) is 72.7 Å². The van der Waals surface area contributed by atoms with Crippen molar-refractivity contribution >= 4 is 22.2 Å². The van der Waals surface area contributed by atoms with Gasteiger partial charge in [0.25, 0.3) is 0 Å². The van der Waals surface area contributed by atoms with E-state index < -0.39 is 15.7 Å². The van der Waals surface area contributed by atoms with Gasteiger partial charge in [0.1, 0.15) is 0 Å². The molecule has 0 unspecified atom stereocenters. The van der Waals surface area contributed by atoms with Crippen molar-refractivity contribution in [3.63, 3.8) is 0 Å². The first-order valence-corrected chi connectivity index (χ1v) is 8.50. The quantitative estimate of drug-likeness (QED) is 0.616. The van der Waals surface area contributed by atoms with Gasteiger partial charge in [-0.3, -0.25) is 14.3 Å². The summed E-state index contributed by atoms with van der Waals surface area (Å²) in [6.07, 6.45) is 1.76. The van der Waals surface area contributed by atoms with Crippen LogP contribution in [0.1, 0.15) is 19.8 Å². The summed E-state index contributed by atoms with van der Waals surface area (Å²) in [5, 5.41) is 11.0. The first-order valence-electron chi connectivity index (χ1n) is 7.02. The SMILES string of the molecule is CCOc1cc(N(C)C2CCS(=O)CC2)ccc1[N+](=O)[O-]. The molecule has 1 heterocycles. The maximum atomic E-state index is 11.4. The minimum absolute atomic E-state index is 0.0150. The van der Waals surface area contributed by atoms with Crippen LogP contribution in [0, 0.1) is 10.1 Å². The van der Waals surface area contributed by atoms with Gasteiger partial charge in [-0.05, 0) is 25.8 Å². The molecule has 2 rings (SSSR count). The minimum atomic E-state index is -0.692. The standard InChI is InChI=1S/C14H20N2O4S/c1-3-20-14-10-12(4-5-13(14)16(17)18)15(2)11-6-8-21(19)9-7-11/h4-5,10-11H,3,6-9H2,1-2H3. The molecule has 6 nitrogen and oxygen atoms in total. The average Bonchev–Trinajstić information content (AvgIpc) is 2.47. The van der Waals surface area contributed by atoms with E-state index >= 15 is 0 Å². The third-order valence-corrected chi connectivity index (χ3v) is 5.13. The van der Waals surface area contributed by atoms with Crippen LogP contribution < -0.4 is 9.64 Å². The Hall–Kier alpha value is -1.63. The Balaban J connectivity index is 2.21. The van der Waals surface area contributed by atoms with E-state index in [-0.39, 0.29) is 5.69 Å². The van der Waals surface area contributed by atoms with Crippen LogP contribution in [0.3, 0.4) is 0 Å². The highest BCUT2D eigenvalue weighted by molar-refractivity contribution is 7.85. The van der Waals surface area contributed by atoms with Crippen LogP contribution in [-0.2, 0) is 10.8 Å². The number of benzene rings is 1. The van der Waals surface area contributed by atoms with Gasteiger partial charge in [-0.2, -0.15) is 0 Å². The molecule has 1 aromatic rings. The number of rotatable bonds is 5. The fraction of sp³-hybridized carbons (Fsp3) is 0.571. The monoisotopic (exact) mass is 312 g/mol. The van der Waals surface area contributed by atoms with Gasteiger partial charge in [-0.1, -0.05) is 0 Å². The van der Waals surface area contributed by atoms with E-state index in [2.05, 4.69) is 4.90 Å². The lowest BCUT2D eigenvalue weighted by molar-refractivity contribution is -0.385. The Kier molecular flexibility index (Phi) is 5.17. The number of anilines is 1. The van der Waals surface area contributed by atoms with Crippen molar-refractivity contribution in [3.05, 3.63) is 28.3 Å². The molecule has 0 spiro atoms. The van der Waals surface area contributed by atoms with E-state index in [0.29, 0.717) is 18.4 Å². The first kappa shape index (κ1) is 15.8. The highest BCUT2D eigenvalue weighted by Gasteiger charge is 2.23. The number of ether oxygens (including phenoxy) is 1. The van der Waals surface area contributed by atoms with Crippen LogP contribution >= 0.6 is 0 Å². The van der Waals surface area contributed by atoms with Crippen LogP contribution in [0.2, 0.25) is 0 Å². The molecule has 0 radical (unpaired) electrons. The summed E-state index contributed by atoms with van der Waals surface area (Å²) in [7, 11) is 1.28. The molecule has 0 N–H and O–H groups in total. The molecular weight excluding hydrogens is 292 g/mol. The molecule has 7 heteroatoms. The van der Waals surface area contributed by atoms with Crippen molar-refractivity contribution < 1.29 is 13.9 Å². The summed E-state index contributed by atoms with van der Waals surface area (Å²) in [5.41, 5.74) is 0.875. The molecule has 0 amide bonds. The van der Waals surface area contributed by atoms with Crippen molar-refractivity contribution in [1.29, 1.82) is 0 Å². The molecule has 1 aromatic carbocycles. The molecular formula is C14H20N2O4S. The second kappa shape index (κ2) is 6.89. The average molecular weight is 312 g/mol. The van der Waals surface area contributed by atoms with Crippen molar-refractivity contribution in [2.24, 2.45) is 0 Å². The van der Waals surface area contributed by atoms with Crippen molar-refractivity contribution in [3.8, 4) is 5.75 Å². The predicted octanol–water partition coefficient (Wildman–Crippen LogP) is 2.34. The predicted molar refractivity (Wildman–Crippen MR) is 83.6 cm³/mol. The second-order valence-electron chi connectivity index (χ2n) is 5.03. The molecule has 0 atom stereocenters. The molecule has 1 saturated heterocycles. The molecule has 1 aliphatic heterocycles. The summed E-state index contributed by atoms with van der Waals surface area (Å²) >= 11 is 0. The number of nitrogens with zero attached hydrogens (tertiary/aromatic N) is 2. The molecule has 1 fully saturated rings. The van der Waals surface area contributed by atoms with E-state index in [0.717, 1.165) is 30.0 Å². The first-order chi connectivity index (χ1) is 10.0. The number of nitro benzene ring substituents is 1. The highest BCUT2D eigenvalue weighted by Crippen LogP contribution is 2.33. The van der Waals surface area contributed by atoms with Crippen molar-refractivity contribution in [1.82, 2.24) is 0 Å². The van der Waals surface area contributed by atoms with Gasteiger partial charge in [0.05, 0.1) is 11.5 Å². The molecule has 0 aromatic heterocycles. The van der Waals surface area contributed by atoms with Crippen molar-refractivity contribution in [2.45, 2.75) is 25.8 Å². The van der Waals surface area contributed by atoms with E-state index in [4.69, 9.17) is 4.74 Å². The van der Waals surface area contributed by atoms with E-state index in [1.807, 2.05) is 7.05 Å². The van der Waals surface area contributed by atoms with E-state index in [1.165, 1.54) is 6.07 Å². The van der Waals surface area contributed by atoms with Gasteiger partial charge < -0.3 is 9.64 Å². The molecule has 0 bridgehead atoms. The fourth-order valence-corrected chi connectivity index (χ4v) is 3.80. The zero-order valence-corrected chi connectivity index (χ0v) is 13.1. The van der Waals surface area contributed by atoms with Crippen LogP contribution in [0.4, 0.5) is 11.4 Å². The van der Waals surface area contributed by atoms with Gasteiger partial charge in [0.2, 0.25) is 0 Å². The van der Waals surface area contributed by atoms with Crippen molar-refractivity contribution in [2.75, 3.05) is 30.1 Å². The lowest BCUT2D eigenvalue weighted by atomic mass is 10.1. The Morgan fingerprint density at radius 2 is 2.10 bits per heavy atom. The lowest BCUT2D eigenvalue weighted by Crippen LogP contribution is -2.37. The molecule has 0 aliphatic carbocycles. The summed E-state index contributed by atoms with van der Waals surface area (Å²) in [4.78, 5) is 12.7. The summed E-state index contributed by atoms with van der Waals surface area (Å²) in [5.74, 6) is 1.74. The molecule has 116 valence electrons. The van der Waals surface area contributed by atoms with E-state index in [1.54, 1.807) is 19.1 Å². The van der Waals surface area contributed by atoms with Crippen LogP contribution in [-0.4, -0.2) is 40.3 Å². The number of hydrogen-bond donors (Lipinski definition) is 0. The third kappa shape index (κ3) is 3.72. The summed E-state index contributed by atoms with van der Waals surface area (Å²) in [6, 6.07) is 5.26. The number of nitro groups is 1. The highest BCUT2D eigenvalue weighted by atomic mass is 32.2. The van der Waals surface area contributed by atoms with Crippen LogP contribution in [0.15, 0.2) is 18.2 Å². The van der Waals surface area contributed by atoms with E-state index in [9.17, 15) is 14.3 Å². The second-order valence-corrected chi connectivity index (χ2v) is 6.73. The third-order valence-electron chi connectivity index (χ3n) is 3.75. The molecule has 21 heavy (non-hydrogen) atoms. The van der Waals surface area contributed by atoms with Gasteiger partial charge in [0.15, 0.2) is 5.75 Å². The zero-order valence-electron chi connectivity index (χ0n) is 12.3. The fourth-order valence-electron chi connectivity index (χ4n) is 2.52. The maximum Gasteiger partial charge on any atom is 0.311 e. The molecule has 1 aliphatic rings. The van der Waals surface area contributed by atoms with Gasteiger partial charge in [0, 0.05) is 53.2 Å². The van der Waals surface area contributed by atoms with Crippen LogP contribution in [0.5, 0.6) is 5.75 Å². The van der Waals surface area contributed by atoms with Gasteiger partial charge >= 0.3 is 5.69 Å². The lowest BCUT2D eigenvalue weighted by Gasteiger charge is -2.32. The summed E-state index contributed by atoms with van der Waals surface area (Å²) in [6.45, 7) is 2.19. The Morgan fingerprint density at radius 1 is 1.43 bits per heavy atom. The molecule has 0 saturated carbocycles. The Morgan fingerprint density at radius 3 is 2.67 bits per heavy atom. The number of hydrogen-bond acceptors (Lipinski definition) is 5. The Labute approximate surface area is 126 Å². The van der Waals surface area contributed by atoms with Crippen LogP contribution in [0.25, 0.3) is 0 Å². The zero-order chi connectivity index (χ0) is 15.4. The minimum Gasteiger partial charge on any atom is -0.487 e. The normalized spacial score (nSPS) is 21.8. The van der Waals surface area contributed by atoms with Gasteiger partial charge in [-0.15, -0.1) is 0 Å². The maximum absolute atomic E-state index is 11.4. The smallest absolute Gasteiger partial charge is 0.311 e. The summed E-state index contributed by atoms with van der Waals surface area (Å²) < 4.78 is 16.8. The van der Waals surface area contributed by atoms with Gasteiger partial charge in [-0.25, -0.2) is 0 Å². The Bertz CT molecular complexity index is 540.